The molecule has 0 saturated heterocycles. The van der Waals surface area contributed by atoms with E-state index < -0.39 is 10.0 Å². The minimum atomic E-state index is -3.73. The normalized spacial score (nSPS) is 14.4. The summed E-state index contributed by atoms with van der Waals surface area (Å²) in [5, 5.41) is 3.90. The molecule has 1 aliphatic heterocycles. The van der Waals surface area contributed by atoms with E-state index in [1.807, 2.05) is 12.1 Å². The maximum atomic E-state index is 12.9. The summed E-state index contributed by atoms with van der Waals surface area (Å²) in [5.74, 6) is 1.01. The van der Waals surface area contributed by atoms with Crippen molar-refractivity contribution in [1.29, 1.82) is 0 Å². The van der Waals surface area contributed by atoms with Gasteiger partial charge in [-0.1, -0.05) is 31.7 Å². The lowest BCUT2D eigenvalue weighted by Crippen LogP contribution is -2.15. The van der Waals surface area contributed by atoms with E-state index in [1.54, 1.807) is 53.6 Å². The van der Waals surface area contributed by atoms with Crippen molar-refractivity contribution < 1.29 is 8.42 Å². The molecule has 0 unspecified atom stereocenters. The monoisotopic (exact) mass is 394 g/mol. The fraction of sp³-hybridized carbons (Fsp3) is 0.105. The van der Waals surface area contributed by atoms with Crippen LogP contribution in [0.2, 0.25) is 0 Å². The van der Waals surface area contributed by atoms with Gasteiger partial charge in [0.15, 0.2) is 0 Å². The molecule has 0 fully saturated rings. The summed E-state index contributed by atoms with van der Waals surface area (Å²) in [6.07, 6.45) is 5.02. The van der Waals surface area contributed by atoms with Crippen LogP contribution in [0.25, 0.3) is 16.9 Å². The zero-order valence-electron chi connectivity index (χ0n) is 14.0. The van der Waals surface area contributed by atoms with Crippen molar-refractivity contribution in [2.75, 3.05) is 10.0 Å². The van der Waals surface area contributed by atoms with Gasteiger partial charge in [-0.25, -0.2) is 18.4 Å². The molecule has 4 aromatic rings. The Balaban J connectivity index is 0.00000192. The summed E-state index contributed by atoms with van der Waals surface area (Å²) in [4.78, 5) is 13.4. The minimum Gasteiger partial charge on any atom is -0.365 e. The summed E-state index contributed by atoms with van der Waals surface area (Å²) in [6.45, 7) is 0.320. The predicted octanol–water partition coefficient (Wildman–Crippen LogP) is 3.18. The smallest absolute Gasteiger partial charge is 0.262 e. The highest BCUT2D eigenvalue weighted by Gasteiger charge is 2.23. The highest BCUT2D eigenvalue weighted by atomic mass is 32.2. The van der Waals surface area contributed by atoms with Crippen molar-refractivity contribution >= 4 is 32.4 Å². The molecule has 0 saturated carbocycles. The molecule has 2 aromatic heterocycles. The molecule has 5 rings (SSSR count). The first-order chi connectivity index (χ1) is 13.1. The summed E-state index contributed by atoms with van der Waals surface area (Å²) >= 11 is 0. The SMILES string of the molecule is C.O=S1(=O)Nc2cccc3nc(-n4ccnc4)nc(c23)NCc2ccccc21. The third-order valence-corrected chi connectivity index (χ3v) is 5.87. The molecular formula is C19H18N6O2S. The summed E-state index contributed by atoms with van der Waals surface area (Å²) in [6, 6.07) is 12.2. The first-order valence-electron chi connectivity index (χ1n) is 8.25. The molecule has 0 spiro atoms. The number of rotatable bonds is 1. The Kier molecular flexibility index (Phi) is 4.23. The van der Waals surface area contributed by atoms with E-state index >= 15 is 0 Å². The van der Waals surface area contributed by atoms with Crippen molar-refractivity contribution in [2.45, 2.75) is 18.9 Å². The van der Waals surface area contributed by atoms with Crippen molar-refractivity contribution in [3.8, 4) is 5.95 Å². The van der Waals surface area contributed by atoms with Crippen LogP contribution < -0.4 is 10.0 Å². The van der Waals surface area contributed by atoms with Gasteiger partial charge in [0, 0.05) is 18.9 Å². The van der Waals surface area contributed by atoms with E-state index in [0.717, 1.165) is 0 Å². The Morgan fingerprint density at radius 1 is 1.04 bits per heavy atom. The largest absolute Gasteiger partial charge is 0.365 e. The van der Waals surface area contributed by atoms with E-state index in [1.165, 1.54) is 0 Å². The molecule has 0 atom stereocenters. The van der Waals surface area contributed by atoms with Crippen LogP contribution in [0.5, 0.6) is 0 Å². The van der Waals surface area contributed by atoms with Crippen molar-refractivity contribution in [3.63, 3.8) is 0 Å². The van der Waals surface area contributed by atoms with E-state index in [2.05, 4.69) is 25.0 Å². The first-order valence-corrected chi connectivity index (χ1v) is 9.74. The van der Waals surface area contributed by atoms with Gasteiger partial charge < -0.3 is 5.32 Å². The van der Waals surface area contributed by atoms with Crippen molar-refractivity contribution in [2.24, 2.45) is 0 Å². The number of sulfonamides is 1. The Labute approximate surface area is 162 Å². The van der Waals surface area contributed by atoms with Crippen LogP contribution in [0.15, 0.2) is 66.1 Å². The topological polar surface area (TPSA) is 102 Å². The number of nitrogens with zero attached hydrogens (tertiary/aromatic N) is 4. The van der Waals surface area contributed by atoms with E-state index in [0.29, 0.717) is 40.5 Å². The van der Waals surface area contributed by atoms with Crippen LogP contribution in [-0.2, 0) is 16.6 Å². The van der Waals surface area contributed by atoms with E-state index in [-0.39, 0.29) is 12.3 Å². The fourth-order valence-electron chi connectivity index (χ4n) is 3.17. The van der Waals surface area contributed by atoms with Crippen LogP contribution in [-0.4, -0.2) is 27.9 Å². The molecule has 0 amide bonds. The van der Waals surface area contributed by atoms with Gasteiger partial charge in [0.1, 0.15) is 12.1 Å². The Morgan fingerprint density at radius 2 is 1.89 bits per heavy atom. The van der Waals surface area contributed by atoms with Gasteiger partial charge in [-0.3, -0.25) is 9.29 Å². The number of nitrogens with one attached hydrogen (secondary N) is 2. The maximum absolute atomic E-state index is 12.9. The van der Waals surface area contributed by atoms with Crippen LogP contribution in [0.3, 0.4) is 0 Å². The molecule has 0 aliphatic carbocycles. The average molecular weight is 394 g/mol. The van der Waals surface area contributed by atoms with E-state index in [9.17, 15) is 8.42 Å². The van der Waals surface area contributed by atoms with Crippen LogP contribution >= 0.6 is 0 Å². The van der Waals surface area contributed by atoms with Crippen molar-refractivity contribution in [1.82, 2.24) is 19.5 Å². The first kappa shape index (κ1) is 17.9. The zero-order chi connectivity index (χ0) is 18.4. The molecule has 2 aromatic carbocycles. The molecule has 8 nitrogen and oxygen atoms in total. The quantitative estimate of drug-likeness (QED) is 0.514. The number of benzene rings is 2. The molecular weight excluding hydrogens is 376 g/mol. The van der Waals surface area contributed by atoms with Gasteiger partial charge in [-0.2, -0.15) is 4.98 Å². The third-order valence-electron chi connectivity index (χ3n) is 4.40. The predicted molar refractivity (Wildman–Crippen MR) is 108 cm³/mol. The van der Waals surface area contributed by atoms with Crippen LogP contribution in [0, 0.1) is 0 Å². The van der Waals surface area contributed by atoms with Gasteiger partial charge in [-0.15, -0.1) is 0 Å². The van der Waals surface area contributed by atoms with Gasteiger partial charge in [0.2, 0.25) is 5.95 Å². The average Bonchev–Trinajstić information content (AvgIpc) is 3.21. The number of hydrogen-bond donors (Lipinski definition) is 2. The zero-order valence-corrected chi connectivity index (χ0v) is 14.8. The fourth-order valence-corrected chi connectivity index (χ4v) is 4.48. The Bertz CT molecular complexity index is 1270. The minimum absolute atomic E-state index is 0. The number of aromatic nitrogens is 4. The molecule has 28 heavy (non-hydrogen) atoms. The summed E-state index contributed by atoms with van der Waals surface area (Å²) in [5.41, 5.74) is 1.72. The molecule has 0 bridgehead atoms. The molecule has 0 radical (unpaired) electrons. The Morgan fingerprint density at radius 3 is 2.71 bits per heavy atom. The Hall–Kier alpha value is -3.46. The number of fused-ring (bicyclic) bond motifs is 1. The molecule has 2 N–H and O–H groups in total. The number of hydrogen-bond acceptors (Lipinski definition) is 6. The van der Waals surface area contributed by atoms with Gasteiger partial charge >= 0.3 is 0 Å². The van der Waals surface area contributed by atoms with Crippen LogP contribution in [0.1, 0.15) is 13.0 Å². The summed E-state index contributed by atoms with van der Waals surface area (Å²) < 4.78 is 30.2. The lowest BCUT2D eigenvalue weighted by Gasteiger charge is -2.13. The van der Waals surface area contributed by atoms with E-state index in [4.69, 9.17) is 0 Å². The van der Waals surface area contributed by atoms with Crippen LogP contribution in [0.4, 0.5) is 11.5 Å². The maximum Gasteiger partial charge on any atom is 0.262 e. The second kappa shape index (κ2) is 6.61. The standard InChI is InChI=1S/C18H14N6O2S.CH4/c25-27(26)15-7-2-1-4-12(15)10-20-17-16-13(5-3-6-14(16)23-27)21-18(22-17)24-9-8-19-11-24;/h1-9,11,23H,10H2,(H,20,21,22);1H4. The van der Waals surface area contributed by atoms with Gasteiger partial charge in [0.25, 0.3) is 10.0 Å². The van der Waals surface area contributed by atoms with Gasteiger partial charge in [0.05, 0.1) is 21.5 Å². The second-order valence-electron chi connectivity index (χ2n) is 6.11. The third kappa shape index (κ3) is 2.85. The molecule has 3 heterocycles. The summed E-state index contributed by atoms with van der Waals surface area (Å²) in [7, 11) is -3.73. The van der Waals surface area contributed by atoms with Gasteiger partial charge in [-0.05, 0) is 23.8 Å². The lowest BCUT2D eigenvalue weighted by molar-refractivity contribution is 0.600. The second-order valence-corrected chi connectivity index (χ2v) is 7.76. The molecule has 142 valence electrons. The molecule has 1 aliphatic rings. The highest BCUT2D eigenvalue weighted by Crippen LogP contribution is 2.33. The number of imidazole rings is 1. The lowest BCUT2D eigenvalue weighted by atomic mass is 10.2. The highest BCUT2D eigenvalue weighted by molar-refractivity contribution is 7.92. The van der Waals surface area contributed by atoms with Crippen molar-refractivity contribution in [3.05, 3.63) is 66.7 Å². The number of anilines is 2. The molecule has 9 heteroatoms.